The number of pyridine rings is 1. The number of nitrogens with one attached hydrogen (secondary N) is 2. The maximum Gasteiger partial charge on any atom is 0.417 e. The van der Waals surface area contributed by atoms with E-state index in [4.69, 9.17) is 9.15 Å². The maximum atomic E-state index is 12.6. The number of anilines is 1. The SMILES string of the molecule is CN1CCC(Oc2ccc(NS(=O)(=O)c3ccc4[nH]c(=O)oc4c3)cn2)CC1. The predicted molar refractivity (Wildman–Crippen MR) is 103 cm³/mol. The van der Waals surface area contributed by atoms with Crippen LogP contribution in [0, 0.1) is 0 Å². The second-order valence-corrected chi connectivity index (χ2v) is 8.47. The molecule has 28 heavy (non-hydrogen) atoms. The molecule has 4 rings (SSSR count). The van der Waals surface area contributed by atoms with Crippen molar-refractivity contribution in [3.63, 3.8) is 0 Å². The smallest absolute Gasteiger partial charge is 0.417 e. The number of fused-ring (bicyclic) bond motifs is 1. The van der Waals surface area contributed by atoms with Crippen molar-refractivity contribution in [1.29, 1.82) is 0 Å². The van der Waals surface area contributed by atoms with Gasteiger partial charge in [-0.1, -0.05) is 0 Å². The van der Waals surface area contributed by atoms with Gasteiger partial charge in [0.2, 0.25) is 5.88 Å². The highest BCUT2D eigenvalue weighted by molar-refractivity contribution is 7.92. The molecule has 148 valence electrons. The fourth-order valence-corrected chi connectivity index (χ4v) is 4.15. The number of ether oxygens (including phenoxy) is 1. The van der Waals surface area contributed by atoms with E-state index < -0.39 is 15.8 Å². The highest BCUT2D eigenvalue weighted by Gasteiger charge is 2.19. The minimum Gasteiger partial charge on any atom is -0.474 e. The van der Waals surface area contributed by atoms with Crippen LogP contribution in [0.3, 0.4) is 0 Å². The van der Waals surface area contributed by atoms with Crippen LogP contribution >= 0.6 is 0 Å². The number of oxazole rings is 1. The zero-order valence-corrected chi connectivity index (χ0v) is 16.0. The van der Waals surface area contributed by atoms with E-state index in [2.05, 4.69) is 26.6 Å². The molecule has 1 aliphatic rings. The number of piperidine rings is 1. The first-order valence-corrected chi connectivity index (χ1v) is 10.3. The number of rotatable bonds is 5. The van der Waals surface area contributed by atoms with Gasteiger partial charge >= 0.3 is 5.76 Å². The minimum atomic E-state index is -3.85. The van der Waals surface area contributed by atoms with Gasteiger partial charge in [0.1, 0.15) is 6.10 Å². The van der Waals surface area contributed by atoms with Crippen LogP contribution in [0.1, 0.15) is 12.8 Å². The molecule has 0 radical (unpaired) electrons. The second kappa shape index (κ2) is 7.28. The highest BCUT2D eigenvalue weighted by Crippen LogP contribution is 2.22. The van der Waals surface area contributed by atoms with Crippen molar-refractivity contribution in [1.82, 2.24) is 14.9 Å². The summed E-state index contributed by atoms with van der Waals surface area (Å²) in [6, 6.07) is 7.40. The van der Waals surface area contributed by atoms with Gasteiger partial charge in [0.15, 0.2) is 5.58 Å². The molecule has 0 bridgehead atoms. The quantitative estimate of drug-likeness (QED) is 0.666. The molecule has 0 spiro atoms. The van der Waals surface area contributed by atoms with Crippen molar-refractivity contribution in [3.8, 4) is 5.88 Å². The largest absolute Gasteiger partial charge is 0.474 e. The first-order valence-electron chi connectivity index (χ1n) is 8.86. The first-order chi connectivity index (χ1) is 13.4. The number of nitrogens with zero attached hydrogens (tertiary/aromatic N) is 2. The Hall–Kier alpha value is -2.85. The van der Waals surface area contributed by atoms with Crippen molar-refractivity contribution >= 4 is 26.8 Å². The minimum absolute atomic E-state index is 0.0191. The summed E-state index contributed by atoms with van der Waals surface area (Å²) < 4.78 is 38.4. The number of hydrogen-bond donors (Lipinski definition) is 2. The first kappa shape index (κ1) is 18.5. The number of H-pyrrole nitrogens is 1. The van der Waals surface area contributed by atoms with E-state index in [1.807, 2.05) is 0 Å². The predicted octanol–water partition coefficient (Wildman–Crippen LogP) is 1.79. The van der Waals surface area contributed by atoms with Crippen LogP contribution < -0.4 is 15.2 Å². The Morgan fingerprint density at radius 3 is 2.75 bits per heavy atom. The van der Waals surface area contributed by atoms with Gasteiger partial charge in [-0.2, -0.15) is 0 Å². The average Bonchev–Trinajstić information content (AvgIpc) is 3.04. The molecule has 0 aliphatic carbocycles. The summed E-state index contributed by atoms with van der Waals surface area (Å²) in [7, 11) is -1.77. The van der Waals surface area contributed by atoms with Gasteiger partial charge in [-0.05, 0) is 38.1 Å². The van der Waals surface area contributed by atoms with Crippen LogP contribution in [0.25, 0.3) is 11.1 Å². The van der Waals surface area contributed by atoms with Crippen LogP contribution in [-0.2, 0) is 10.0 Å². The molecule has 10 heteroatoms. The highest BCUT2D eigenvalue weighted by atomic mass is 32.2. The molecule has 0 unspecified atom stereocenters. The number of benzene rings is 1. The Morgan fingerprint density at radius 2 is 2.04 bits per heavy atom. The van der Waals surface area contributed by atoms with E-state index in [1.54, 1.807) is 12.1 Å². The summed E-state index contributed by atoms with van der Waals surface area (Å²) in [6.45, 7) is 1.96. The van der Waals surface area contributed by atoms with E-state index in [-0.39, 0.29) is 16.6 Å². The van der Waals surface area contributed by atoms with E-state index in [1.165, 1.54) is 24.4 Å². The van der Waals surface area contributed by atoms with E-state index in [0.29, 0.717) is 17.1 Å². The fraction of sp³-hybridized carbons (Fsp3) is 0.333. The zero-order chi connectivity index (χ0) is 19.7. The normalized spacial score (nSPS) is 16.3. The summed E-state index contributed by atoms with van der Waals surface area (Å²) in [5, 5.41) is 0. The third-order valence-electron chi connectivity index (χ3n) is 4.64. The standard InChI is InChI=1S/C18H20N4O5S/c1-22-8-6-13(7-9-22)26-17-5-2-12(11-19-17)21-28(24,25)14-3-4-15-16(10-14)27-18(23)20-15/h2-5,10-11,13,21H,6-9H2,1H3,(H,20,23). The average molecular weight is 404 g/mol. The molecular weight excluding hydrogens is 384 g/mol. The molecule has 3 heterocycles. The van der Waals surface area contributed by atoms with Gasteiger partial charge in [-0.15, -0.1) is 0 Å². The Balaban J connectivity index is 1.45. The topological polar surface area (TPSA) is 118 Å². The Morgan fingerprint density at radius 1 is 1.25 bits per heavy atom. The molecule has 2 N–H and O–H groups in total. The van der Waals surface area contributed by atoms with Crippen LogP contribution in [0.15, 0.2) is 50.6 Å². The van der Waals surface area contributed by atoms with Crippen LogP contribution in [0.4, 0.5) is 5.69 Å². The van der Waals surface area contributed by atoms with E-state index in [0.717, 1.165) is 25.9 Å². The zero-order valence-electron chi connectivity index (χ0n) is 15.2. The number of sulfonamides is 1. The van der Waals surface area contributed by atoms with Gasteiger partial charge in [0.05, 0.1) is 22.3 Å². The van der Waals surface area contributed by atoms with Crippen LogP contribution in [-0.4, -0.2) is 49.5 Å². The Kier molecular flexibility index (Phi) is 4.82. The Bertz CT molecular complexity index is 1130. The van der Waals surface area contributed by atoms with Gasteiger partial charge < -0.3 is 14.1 Å². The lowest BCUT2D eigenvalue weighted by Gasteiger charge is -2.28. The number of likely N-dealkylation sites (tertiary alicyclic amines) is 1. The second-order valence-electron chi connectivity index (χ2n) is 6.78. The molecular formula is C18H20N4O5S. The van der Waals surface area contributed by atoms with Crippen molar-refractivity contribution in [3.05, 3.63) is 47.1 Å². The molecule has 3 aromatic rings. The Labute approximate surface area is 161 Å². The number of aromatic amines is 1. The monoisotopic (exact) mass is 404 g/mol. The summed E-state index contributed by atoms with van der Waals surface area (Å²) in [5.41, 5.74) is 0.917. The summed E-state index contributed by atoms with van der Waals surface area (Å²) in [5.74, 6) is -0.171. The van der Waals surface area contributed by atoms with Gasteiger partial charge in [0.25, 0.3) is 10.0 Å². The lowest BCUT2D eigenvalue weighted by molar-refractivity contribution is 0.110. The van der Waals surface area contributed by atoms with E-state index in [9.17, 15) is 13.2 Å². The van der Waals surface area contributed by atoms with Crippen LogP contribution in [0.5, 0.6) is 5.88 Å². The van der Waals surface area contributed by atoms with Gasteiger partial charge in [0, 0.05) is 25.2 Å². The molecule has 1 fully saturated rings. The molecule has 9 nitrogen and oxygen atoms in total. The van der Waals surface area contributed by atoms with Gasteiger partial charge in [-0.25, -0.2) is 18.2 Å². The lowest BCUT2D eigenvalue weighted by atomic mass is 10.1. The molecule has 1 aliphatic heterocycles. The summed E-state index contributed by atoms with van der Waals surface area (Å²) >= 11 is 0. The fourth-order valence-electron chi connectivity index (χ4n) is 3.09. The van der Waals surface area contributed by atoms with Crippen molar-refractivity contribution in [2.75, 3.05) is 24.9 Å². The molecule has 1 saturated heterocycles. The molecule has 0 amide bonds. The lowest BCUT2D eigenvalue weighted by Crippen LogP contribution is -2.35. The number of hydrogen-bond acceptors (Lipinski definition) is 7. The summed E-state index contributed by atoms with van der Waals surface area (Å²) in [4.78, 5) is 20.1. The maximum absolute atomic E-state index is 12.6. The molecule has 0 atom stereocenters. The number of aromatic nitrogens is 2. The summed E-state index contributed by atoms with van der Waals surface area (Å²) in [6.07, 6.45) is 3.40. The van der Waals surface area contributed by atoms with Crippen molar-refractivity contribution < 1.29 is 17.6 Å². The molecule has 0 saturated carbocycles. The molecule has 1 aromatic carbocycles. The van der Waals surface area contributed by atoms with Crippen molar-refractivity contribution in [2.24, 2.45) is 0 Å². The third kappa shape index (κ3) is 4.02. The van der Waals surface area contributed by atoms with E-state index >= 15 is 0 Å². The third-order valence-corrected chi connectivity index (χ3v) is 6.02. The molecule has 2 aromatic heterocycles. The van der Waals surface area contributed by atoms with Crippen LogP contribution in [0.2, 0.25) is 0 Å². The van der Waals surface area contributed by atoms with Gasteiger partial charge in [-0.3, -0.25) is 9.71 Å². The van der Waals surface area contributed by atoms with Crippen molar-refractivity contribution in [2.45, 2.75) is 23.8 Å².